The van der Waals surface area contributed by atoms with Crippen molar-refractivity contribution in [1.82, 2.24) is 4.90 Å². The highest BCUT2D eigenvalue weighted by Crippen LogP contribution is 2.40. The molecule has 1 atom stereocenters. The first-order valence-electron chi connectivity index (χ1n) is 9.50. The largest absolute Gasteiger partial charge is 0.493 e. The molecule has 1 heterocycles. The van der Waals surface area contributed by atoms with E-state index in [1.807, 2.05) is 41.3 Å². The summed E-state index contributed by atoms with van der Waals surface area (Å²) in [5.41, 5.74) is 1.99. The summed E-state index contributed by atoms with van der Waals surface area (Å²) in [7, 11) is 4.75. The van der Waals surface area contributed by atoms with Crippen molar-refractivity contribution in [2.24, 2.45) is 0 Å². The molecule has 1 unspecified atom stereocenters. The van der Waals surface area contributed by atoms with Crippen LogP contribution in [0.15, 0.2) is 40.9 Å². The number of benzene rings is 2. The zero-order valence-corrected chi connectivity index (χ0v) is 18.5. The monoisotopic (exact) mass is 463 g/mol. The fourth-order valence-electron chi connectivity index (χ4n) is 3.51. The van der Waals surface area contributed by atoms with Crippen LogP contribution in [-0.2, 0) is 16.0 Å². The fraction of sp³-hybridized carbons (Fsp3) is 0.409. The van der Waals surface area contributed by atoms with Crippen molar-refractivity contribution in [2.75, 3.05) is 41.0 Å². The SMILES string of the molecule is COc1ccc(CCC(=O)N2CCOC(c3ccc(Br)cc3)C2)c(OC)c1OC. The Morgan fingerprint density at radius 2 is 1.79 bits per heavy atom. The number of morpholine rings is 1. The third-order valence-electron chi connectivity index (χ3n) is 5.05. The number of hydrogen-bond donors (Lipinski definition) is 0. The minimum atomic E-state index is -0.101. The predicted molar refractivity (Wildman–Crippen MR) is 114 cm³/mol. The van der Waals surface area contributed by atoms with Gasteiger partial charge in [0.15, 0.2) is 11.5 Å². The van der Waals surface area contributed by atoms with Crippen LogP contribution >= 0.6 is 15.9 Å². The number of amides is 1. The van der Waals surface area contributed by atoms with Crippen LogP contribution in [-0.4, -0.2) is 51.8 Å². The van der Waals surface area contributed by atoms with Gasteiger partial charge in [-0.2, -0.15) is 0 Å². The molecule has 1 aliphatic rings. The molecule has 0 saturated carbocycles. The Bertz CT molecular complexity index is 840. The van der Waals surface area contributed by atoms with E-state index in [0.29, 0.717) is 49.8 Å². The number of hydrogen-bond acceptors (Lipinski definition) is 5. The summed E-state index contributed by atoms with van der Waals surface area (Å²) >= 11 is 3.45. The number of rotatable bonds is 7. The molecule has 2 aromatic rings. The second kappa shape index (κ2) is 9.98. The molecule has 156 valence electrons. The van der Waals surface area contributed by atoms with E-state index < -0.39 is 0 Å². The highest BCUT2D eigenvalue weighted by Gasteiger charge is 2.26. The molecule has 0 aliphatic carbocycles. The molecule has 0 radical (unpaired) electrons. The molecule has 29 heavy (non-hydrogen) atoms. The van der Waals surface area contributed by atoms with Gasteiger partial charge in [-0.15, -0.1) is 0 Å². The van der Waals surface area contributed by atoms with Crippen molar-refractivity contribution < 1.29 is 23.7 Å². The highest BCUT2D eigenvalue weighted by molar-refractivity contribution is 9.10. The van der Waals surface area contributed by atoms with Gasteiger partial charge < -0.3 is 23.8 Å². The van der Waals surface area contributed by atoms with E-state index in [0.717, 1.165) is 15.6 Å². The van der Waals surface area contributed by atoms with Gasteiger partial charge in [0.1, 0.15) is 6.10 Å². The Kier molecular flexibility index (Phi) is 7.39. The normalized spacial score (nSPS) is 16.4. The Morgan fingerprint density at radius 1 is 1.07 bits per heavy atom. The lowest BCUT2D eigenvalue weighted by Crippen LogP contribution is -2.42. The molecule has 2 aromatic carbocycles. The lowest BCUT2D eigenvalue weighted by atomic mass is 10.1. The van der Waals surface area contributed by atoms with Crippen LogP contribution in [0.25, 0.3) is 0 Å². The average molecular weight is 464 g/mol. The van der Waals surface area contributed by atoms with Crippen LogP contribution in [0.4, 0.5) is 0 Å². The molecule has 0 bridgehead atoms. The van der Waals surface area contributed by atoms with E-state index in [1.54, 1.807) is 21.3 Å². The van der Waals surface area contributed by atoms with Crippen molar-refractivity contribution in [3.63, 3.8) is 0 Å². The maximum atomic E-state index is 12.8. The van der Waals surface area contributed by atoms with Crippen molar-refractivity contribution in [3.8, 4) is 17.2 Å². The summed E-state index contributed by atoms with van der Waals surface area (Å²) in [5, 5.41) is 0. The molecule has 1 amide bonds. The van der Waals surface area contributed by atoms with Gasteiger partial charge in [0.2, 0.25) is 11.7 Å². The fourth-order valence-corrected chi connectivity index (χ4v) is 3.78. The number of nitrogens with zero attached hydrogens (tertiary/aromatic N) is 1. The Labute approximate surface area is 179 Å². The molecular formula is C22H26BrNO5. The molecular weight excluding hydrogens is 438 g/mol. The maximum Gasteiger partial charge on any atom is 0.223 e. The van der Waals surface area contributed by atoms with E-state index in [2.05, 4.69) is 15.9 Å². The van der Waals surface area contributed by atoms with Crippen molar-refractivity contribution in [1.29, 1.82) is 0 Å². The summed E-state index contributed by atoms with van der Waals surface area (Å²) in [4.78, 5) is 14.7. The lowest BCUT2D eigenvalue weighted by Gasteiger charge is -2.33. The van der Waals surface area contributed by atoms with E-state index in [1.165, 1.54) is 0 Å². The van der Waals surface area contributed by atoms with E-state index in [-0.39, 0.29) is 12.0 Å². The number of halogens is 1. The highest BCUT2D eigenvalue weighted by atomic mass is 79.9. The Balaban J connectivity index is 1.65. The average Bonchev–Trinajstić information content (AvgIpc) is 2.77. The first-order chi connectivity index (χ1) is 14.1. The van der Waals surface area contributed by atoms with Crippen molar-refractivity contribution in [3.05, 3.63) is 52.0 Å². The number of carbonyl (C=O) groups is 1. The number of methoxy groups -OCH3 is 3. The standard InChI is InChI=1S/C22H26BrNO5/c1-26-18-10-6-16(21(27-2)22(18)28-3)7-11-20(25)24-12-13-29-19(14-24)15-4-8-17(23)9-5-15/h4-6,8-10,19H,7,11-14H2,1-3H3. The van der Waals surface area contributed by atoms with Crippen molar-refractivity contribution in [2.45, 2.75) is 18.9 Å². The van der Waals surface area contributed by atoms with Crippen LogP contribution < -0.4 is 14.2 Å². The van der Waals surface area contributed by atoms with Gasteiger partial charge in [0.05, 0.1) is 34.5 Å². The quantitative estimate of drug-likeness (QED) is 0.620. The van der Waals surface area contributed by atoms with Crippen LogP contribution in [0.3, 0.4) is 0 Å². The summed E-state index contributed by atoms with van der Waals surface area (Å²) < 4.78 is 23.2. The smallest absolute Gasteiger partial charge is 0.223 e. The first kappa shape index (κ1) is 21.5. The second-order valence-electron chi connectivity index (χ2n) is 6.74. The van der Waals surface area contributed by atoms with Gasteiger partial charge >= 0.3 is 0 Å². The van der Waals surface area contributed by atoms with Gasteiger partial charge in [0.25, 0.3) is 0 Å². The molecule has 7 heteroatoms. The van der Waals surface area contributed by atoms with Gasteiger partial charge in [-0.05, 0) is 35.7 Å². The van der Waals surface area contributed by atoms with E-state index >= 15 is 0 Å². The minimum Gasteiger partial charge on any atom is -0.493 e. The Morgan fingerprint density at radius 3 is 2.45 bits per heavy atom. The molecule has 6 nitrogen and oxygen atoms in total. The summed E-state index contributed by atoms with van der Waals surface area (Å²) in [6, 6.07) is 11.8. The number of carbonyl (C=O) groups excluding carboxylic acids is 1. The molecule has 3 rings (SSSR count). The summed E-state index contributed by atoms with van der Waals surface area (Å²) in [6.07, 6.45) is 0.845. The molecule has 1 saturated heterocycles. The second-order valence-corrected chi connectivity index (χ2v) is 7.66. The predicted octanol–water partition coefficient (Wildman–Crippen LogP) is 4.01. The summed E-state index contributed by atoms with van der Waals surface area (Å²) in [6.45, 7) is 1.70. The van der Waals surface area contributed by atoms with Gasteiger partial charge in [-0.25, -0.2) is 0 Å². The van der Waals surface area contributed by atoms with Gasteiger partial charge in [-0.1, -0.05) is 34.1 Å². The summed E-state index contributed by atoms with van der Waals surface area (Å²) in [5.74, 6) is 1.85. The molecule has 0 aromatic heterocycles. The maximum absolute atomic E-state index is 12.8. The van der Waals surface area contributed by atoms with Crippen LogP contribution in [0, 0.1) is 0 Å². The lowest BCUT2D eigenvalue weighted by molar-refractivity contribution is -0.139. The van der Waals surface area contributed by atoms with Crippen LogP contribution in [0.2, 0.25) is 0 Å². The first-order valence-corrected chi connectivity index (χ1v) is 10.3. The number of ether oxygens (including phenoxy) is 4. The Hall–Kier alpha value is -2.25. The third-order valence-corrected chi connectivity index (χ3v) is 5.58. The zero-order valence-electron chi connectivity index (χ0n) is 16.9. The van der Waals surface area contributed by atoms with E-state index in [4.69, 9.17) is 18.9 Å². The molecule has 1 fully saturated rings. The zero-order chi connectivity index (χ0) is 20.8. The number of aryl methyl sites for hydroxylation is 1. The van der Waals surface area contributed by atoms with E-state index in [9.17, 15) is 4.79 Å². The molecule has 0 spiro atoms. The van der Waals surface area contributed by atoms with Crippen LogP contribution in [0.1, 0.15) is 23.7 Å². The molecule has 0 N–H and O–H groups in total. The van der Waals surface area contributed by atoms with Crippen molar-refractivity contribution >= 4 is 21.8 Å². The topological polar surface area (TPSA) is 57.2 Å². The minimum absolute atomic E-state index is 0.101. The van der Waals surface area contributed by atoms with Crippen LogP contribution in [0.5, 0.6) is 17.2 Å². The molecule has 1 aliphatic heterocycles. The third kappa shape index (κ3) is 5.03. The van der Waals surface area contributed by atoms with Gasteiger partial charge in [0, 0.05) is 17.4 Å². The van der Waals surface area contributed by atoms with Gasteiger partial charge in [-0.3, -0.25) is 4.79 Å².